The Morgan fingerprint density at radius 3 is 1.98 bits per heavy atom. The van der Waals surface area contributed by atoms with Gasteiger partial charge >= 0.3 is 0 Å². The number of carbonyl (C=O) groups excluding carboxylic acids is 1. The predicted molar refractivity (Wildman–Crippen MR) is 176 cm³/mol. The number of ketones is 1. The molecule has 0 saturated carbocycles. The molecule has 9 nitrogen and oxygen atoms in total. The minimum atomic E-state index is -2.17. The molecule has 0 bridgehead atoms. The highest BCUT2D eigenvalue weighted by molar-refractivity contribution is 6.21. The third kappa shape index (κ3) is 7.55. The molecule has 4 fully saturated rings. The molecule has 10 atom stereocenters. The van der Waals surface area contributed by atoms with Crippen LogP contribution >= 0.6 is 11.6 Å². The van der Waals surface area contributed by atoms with Crippen molar-refractivity contribution in [3.8, 4) is 0 Å². The Morgan fingerprint density at radius 1 is 0.729 bits per heavy atom. The quantitative estimate of drug-likeness (QED) is 0.277. The van der Waals surface area contributed by atoms with E-state index in [1.807, 2.05) is 91.0 Å². The first kappa shape index (κ1) is 33.8. The molecule has 0 amide bonds. The molecule has 7 rings (SSSR count). The molecule has 0 aliphatic carbocycles. The van der Waals surface area contributed by atoms with E-state index in [-0.39, 0.29) is 18.4 Å². The summed E-state index contributed by atoms with van der Waals surface area (Å²) in [4.78, 5) is 13.5. The fraction of sp³-hybridized carbons (Fsp3) is 0.500. The Hall–Kier alpha value is -2.70. The van der Waals surface area contributed by atoms with Gasteiger partial charge in [-0.15, -0.1) is 11.6 Å². The summed E-state index contributed by atoms with van der Waals surface area (Å²) in [5, 5.41) is 11.5. The van der Waals surface area contributed by atoms with Crippen LogP contribution < -0.4 is 0 Å². The van der Waals surface area contributed by atoms with Gasteiger partial charge in [-0.3, -0.25) is 4.79 Å². The molecule has 3 aromatic carbocycles. The summed E-state index contributed by atoms with van der Waals surface area (Å²) in [5.74, 6) is -2.64. The molecular formula is C38H43ClO9. The van der Waals surface area contributed by atoms with Gasteiger partial charge < -0.3 is 38.3 Å². The van der Waals surface area contributed by atoms with Crippen molar-refractivity contribution in [2.75, 3.05) is 13.2 Å². The first-order valence-corrected chi connectivity index (χ1v) is 17.3. The number of Topliss-reactive ketones (excluding diaryl/α,β-unsaturated/α-hetero) is 1. The van der Waals surface area contributed by atoms with E-state index in [1.54, 1.807) is 0 Å². The van der Waals surface area contributed by atoms with Crippen LogP contribution in [-0.4, -0.2) is 84.1 Å². The number of rotatable bonds is 11. The molecule has 4 saturated heterocycles. The molecular weight excluding hydrogens is 636 g/mol. The van der Waals surface area contributed by atoms with E-state index in [0.29, 0.717) is 45.7 Å². The minimum absolute atomic E-state index is 0.00637. The lowest BCUT2D eigenvalue weighted by molar-refractivity contribution is -0.345. The number of alkyl halides is 1. The topological polar surface area (TPSA) is 102 Å². The average molecular weight is 679 g/mol. The lowest BCUT2D eigenvalue weighted by atomic mass is 9.84. The van der Waals surface area contributed by atoms with Crippen molar-refractivity contribution < 1.29 is 43.1 Å². The molecule has 4 heterocycles. The van der Waals surface area contributed by atoms with Crippen LogP contribution in [0.1, 0.15) is 42.4 Å². The zero-order valence-corrected chi connectivity index (χ0v) is 27.6. The smallest absolute Gasteiger partial charge is 0.254 e. The van der Waals surface area contributed by atoms with E-state index in [0.717, 1.165) is 16.7 Å². The number of hydrogen-bond acceptors (Lipinski definition) is 9. The second-order valence-corrected chi connectivity index (χ2v) is 13.6. The summed E-state index contributed by atoms with van der Waals surface area (Å²) in [5.41, 5.74) is 3.06. The van der Waals surface area contributed by atoms with Crippen LogP contribution in [0.15, 0.2) is 91.0 Å². The molecule has 0 aromatic heterocycles. The highest BCUT2D eigenvalue weighted by Gasteiger charge is 2.59. The molecule has 4 aliphatic rings. The van der Waals surface area contributed by atoms with Crippen LogP contribution in [-0.2, 0) is 57.8 Å². The molecule has 10 heteroatoms. The molecule has 1 N–H and O–H groups in total. The summed E-state index contributed by atoms with van der Waals surface area (Å²) in [6, 6.07) is 29.8. The molecule has 48 heavy (non-hydrogen) atoms. The molecule has 0 spiro atoms. The zero-order valence-electron chi connectivity index (χ0n) is 26.8. The monoisotopic (exact) mass is 678 g/mol. The molecule has 0 unspecified atom stereocenters. The maximum Gasteiger partial charge on any atom is 0.254 e. The lowest BCUT2D eigenvalue weighted by Crippen LogP contribution is -2.69. The third-order valence-corrected chi connectivity index (χ3v) is 10.2. The van der Waals surface area contributed by atoms with Crippen molar-refractivity contribution in [1.82, 2.24) is 0 Å². The molecule has 256 valence electrons. The number of ether oxygens (including phenoxy) is 7. The first-order chi connectivity index (χ1) is 23.5. The highest BCUT2D eigenvalue weighted by atomic mass is 35.5. The predicted octanol–water partition coefficient (Wildman–Crippen LogP) is 5.13. The SMILES string of the molecule is O=C1C[C@H]2OCC[C@H](Cl)[C@@H]2O[C@]1(O)[C@H]1CC[C@@H]2O[C@H](COCc3ccccc3)[C@H](OCc3ccccc3)[C@H](OCc3ccccc3)[C@H]2O1. The van der Waals surface area contributed by atoms with E-state index in [4.69, 9.17) is 44.8 Å². The zero-order chi connectivity index (χ0) is 32.9. The Morgan fingerprint density at radius 2 is 1.33 bits per heavy atom. The summed E-state index contributed by atoms with van der Waals surface area (Å²) in [7, 11) is 0. The number of halogens is 1. The fourth-order valence-corrected chi connectivity index (χ4v) is 7.48. The van der Waals surface area contributed by atoms with Gasteiger partial charge in [0.15, 0.2) is 5.78 Å². The Balaban J connectivity index is 1.15. The highest BCUT2D eigenvalue weighted by Crippen LogP contribution is 2.42. The summed E-state index contributed by atoms with van der Waals surface area (Å²) >= 11 is 6.60. The van der Waals surface area contributed by atoms with E-state index in [9.17, 15) is 9.90 Å². The van der Waals surface area contributed by atoms with Crippen molar-refractivity contribution in [3.05, 3.63) is 108 Å². The number of fused-ring (bicyclic) bond motifs is 2. The van der Waals surface area contributed by atoms with Crippen molar-refractivity contribution in [2.24, 2.45) is 0 Å². The Labute approximate surface area is 286 Å². The van der Waals surface area contributed by atoms with Crippen LogP contribution in [0.3, 0.4) is 0 Å². The van der Waals surface area contributed by atoms with Gasteiger partial charge in [-0.05, 0) is 36.0 Å². The largest absolute Gasteiger partial charge is 0.375 e. The van der Waals surface area contributed by atoms with Gasteiger partial charge in [-0.25, -0.2) is 0 Å². The summed E-state index contributed by atoms with van der Waals surface area (Å²) < 4.78 is 44.8. The van der Waals surface area contributed by atoms with Crippen LogP contribution in [0.4, 0.5) is 0 Å². The maximum atomic E-state index is 13.5. The maximum absolute atomic E-state index is 13.5. The number of carbonyl (C=O) groups is 1. The number of hydrogen-bond donors (Lipinski definition) is 1. The standard InChI is InChI=1S/C38H43ClO9/c39-28-18-19-43-30-20-32(40)38(41,48-34(28)30)33-17-16-29-36(47-33)37(45-23-27-14-8-3-9-15-27)35(44-22-26-12-6-2-7-13-26)31(46-29)24-42-21-25-10-4-1-5-11-25/h1-15,28-31,33-37,41H,16-24H2/t28-,29-,30+,31+,33+,34-,35-,36-,37-,38-/m0/s1. The van der Waals surface area contributed by atoms with Gasteiger partial charge in [0.2, 0.25) is 0 Å². The van der Waals surface area contributed by atoms with Crippen molar-refractivity contribution >= 4 is 17.4 Å². The van der Waals surface area contributed by atoms with E-state index >= 15 is 0 Å². The van der Waals surface area contributed by atoms with Gasteiger partial charge in [0.25, 0.3) is 5.79 Å². The van der Waals surface area contributed by atoms with Crippen LogP contribution in [0.2, 0.25) is 0 Å². The Kier molecular flexibility index (Phi) is 10.9. The Bertz CT molecular complexity index is 1460. The van der Waals surface area contributed by atoms with E-state index < -0.39 is 60.4 Å². The molecule has 0 radical (unpaired) electrons. The lowest BCUT2D eigenvalue weighted by Gasteiger charge is -2.53. The van der Waals surface area contributed by atoms with Gasteiger partial charge in [0, 0.05) is 13.0 Å². The number of benzene rings is 3. The second kappa shape index (κ2) is 15.5. The van der Waals surface area contributed by atoms with E-state index in [1.165, 1.54) is 0 Å². The van der Waals surface area contributed by atoms with Gasteiger partial charge in [0.1, 0.15) is 36.6 Å². The second-order valence-electron chi connectivity index (χ2n) is 13.0. The summed E-state index contributed by atoms with van der Waals surface area (Å²) in [6.07, 6.45) is -3.36. The van der Waals surface area contributed by atoms with E-state index in [2.05, 4.69) is 0 Å². The van der Waals surface area contributed by atoms with Gasteiger partial charge in [-0.2, -0.15) is 0 Å². The molecule has 4 aliphatic heterocycles. The van der Waals surface area contributed by atoms with Gasteiger partial charge in [-0.1, -0.05) is 91.0 Å². The summed E-state index contributed by atoms with van der Waals surface area (Å²) in [6.45, 7) is 1.78. The van der Waals surface area contributed by atoms with Gasteiger partial charge in [0.05, 0.1) is 44.0 Å². The van der Waals surface area contributed by atoms with Crippen LogP contribution in [0.25, 0.3) is 0 Å². The minimum Gasteiger partial charge on any atom is -0.375 e. The molecule has 3 aromatic rings. The van der Waals surface area contributed by atoms with Crippen molar-refractivity contribution in [3.63, 3.8) is 0 Å². The fourth-order valence-electron chi connectivity index (χ4n) is 7.18. The average Bonchev–Trinajstić information content (AvgIpc) is 3.12. The normalized spacial score (nSPS) is 35.0. The third-order valence-electron chi connectivity index (χ3n) is 9.72. The van der Waals surface area contributed by atoms with Crippen molar-refractivity contribution in [2.45, 2.75) is 105 Å². The first-order valence-electron chi connectivity index (χ1n) is 16.9. The van der Waals surface area contributed by atoms with Crippen molar-refractivity contribution in [1.29, 1.82) is 0 Å². The number of aliphatic hydroxyl groups is 1. The van der Waals surface area contributed by atoms with Crippen LogP contribution in [0, 0.1) is 0 Å². The van der Waals surface area contributed by atoms with Crippen LogP contribution in [0.5, 0.6) is 0 Å².